The molecule has 1 aromatic heterocycles. The molecule has 15 nitrogen and oxygen atoms in total. The molecule has 0 saturated carbocycles. The molecule has 0 radical (unpaired) electrons. The molecule has 0 bridgehead atoms. The lowest BCUT2D eigenvalue weighted by molar-refractivity contribution is -0.145. The van der Waals surface area contributed by atoms with Gasteiger partial charge in [-0.05, 0) is 36.3 Å². The van der Waals surface area contributed by atoms with E-state index < -0.39 is 84.5 Å². The number of para-hydroxylation sites is 1. The molecule has 8 N–H and O–H groups in total. The lowest BCUT2D eigenvalue weighted by Crippen LogP contribution is -2.60. The highest BCUT2D eigenvalue weighted by molar-refractivity contribution is 5.98. The zero-order chi connectivity index (χ0) is 34.1. The number of benzene rings is 1. The molecule has 2 aromatic rings. The second-order valence-electron chi connectivity index (χ2n) is 12.3. The lowest BCUT2D eigenvalue weighted by atomic mass is 9.98. The lowest BCUT2D eigenvalue weighted by Gasteiger charge is -2.28. The predicted molar refractivity (Wildman–Crippen MR) is 165 cm³/mol. The number of carboxylic acids is 2. The first-order valence-electron chi connectivity index (χ1n) is 15.1. The summed E-state index contributed by atoms with van der Waals surface area (Å²) in [5.74, 6) is -7.54. The summed E-state index contributed by atoms with van der Waals surface area (Å²) in [6.07, 6.45) is 0.224. The Kier molecular flexibility index (Phi) is 12.3. The first-order chi connectivity index (χ1) is 21.6. The highest BCUT2D eigenvalue weighted by Crippen LogP contribution is 2.20. The second kappa shape index (κ2) is 15.9. The first kappa shape index (κ1) is 35.5. The van der Waals surface area contributed by atoms with Crippen molar-refractivity contribution in [3.8, 4) is 0 Å². The minimum Gasteiger partial charge on any atom is -0.481 e. The molecule has 0 spiro atoms. The summed E-state index contributed by atoms with van der Waals surface area (Å²) in [6, 6.07) is 0.0972. The number of nitrogens with one attached hydrogen (secondary N) is 6. The SMILES string of the molecule is CC(C)CC1NC(=O)CC(C(=O)O)NC(=O)C(CC(=O)O)NC(=O)C(Cc2c[nH]c3ccccc23)NC(=O)C(CC(C)C)NC1=O. The van der Waals surface area contributed by atoms with E-state index in [0.717, 1.165) is 10.9 Å². The minimum atomic E-state index is -1.80. The molecule has 250 valence electrons. The number of aromatic nitrogens is 1. The standard InChI is InChI=1S/C31H42N6O9/c1-15(2)9-20-27(41)34-21(10-16(3)4)28(42)35-22(11-17-14-32-19-8-6-5-7-18(17)19)29(43)36-23(13-26(39)40)30(44)37-24(31(45)46)12-25(38)33-20/h5-8,14-16,20-24,32H,9-13H2,1-4H3,(H,33,38)(H,34,41)(H,35,42)(H,36,43)(H,37,44)(H,39,40)(H,45,46). The van der Waals surface area contributed by atoms with E-state index in [0.29, 0.717) is 5.56 Å². The molecule has 1 fully saturated rings. The summed E-state index contributed by atoms with van der Waals surface area (Å²) in [6.45, 7) is 7.30. The summed E-state index contributed by atoms with van der Waals surface area (Å²) in [5, 5.41) is 32.3. The van der Waals surface area contributed by atoms with Gasteiger partial charge in [0, 0.05) is 23.5 Å². The topological polar surface area (TPSA) is 236 Å². The highest BCUT2D eigenvalue weighted by atomic mass is 16.4. The van der Waals surface area contributed by atoms with E-state index in [1.807, 2.05) is 45.9 Å². The summed E-state index contributed by atoms with van der Waals surface area (Å²) >= 11 is 0. The Labute approximate surface area is 265 Å². The van der Waals surface area contributed by atoms with Crippen LogP contribution in [0.5, 0.6) is 0 Å². The van der Waals surface area contributed by atoms with Crippen LogP contribution in [0.3, 0.4) is 0 Å². The fraction of sp³-hybridized carbons (Fsp3) is 0.516. The van der Waals surface area contributed by atoms with Crippen LogP contribution >= 0.6 is 0 Å². The van der Waals surface area contributed by atoms with Crippen molar-refractivity contribution in [3.63, 3.8) is 0 Å². The Morgan fingerprint density at radius 3 is 1.85 bits per heavy atom. The number of hydrogen-bond acceptors (Lipinski definition) is 7. The average molecular weight is 643 g/mol. The number of fused-ring (bicyclic) bond motifs is 1. The fourth-order valence-electron chi connectivity index (χ4n) is 5.25. The van der Waals surface area contributed by atoms with Crippen LogP contribution in [0.15, 0.2) is 30.5 Å². The maximum Gasteiger partial charge on any atom is 0.326 e. The Balaban J connectivity index is 2.08. The summed E-state index contributed by atoms with van der Waals surface area (Å²) in [5.41, 5.74) is 1.41. The normalized spacial score (nSPS) is 23.8. The number of rotatable bonds is 9. The van der Waals surface area contributed by atoms with Crippen molar-refractivity contribution in [3.05, 3.63) is 36.0 Å². The van der Waals surface area contributed by atoms with E-state index in [1.54, 1.807) is 12.3 Å². The zero-order valence-corrected chi connectivity index (χ0v) is 26.2. The Hall–Kier alpha value is -4.95. The van der Waals surface area contributed by atoms with Gasteiger partial charge in [-0.3, -0.25) is 28.8 Å². The van der Waals surface area contributed by atoms with Crippen molar-refractivity contribution in [2.24, 2.45) is 11.8 Å². The van der Waals surface area contributed by atoms with Crippen LogP contribution < -0.4 is 26.6 Å². The van der Waals surface area contributed by atoms with Crippen LogP contribution in [0.2, 0.25) is 0 Å². The number of aliphatic carboxylic acids is 2. The molecular formula is C31H42N6O9. The predicted octanol–water partition coefficient (Wildman–Crippen LogP) is 0.190. The third-order valence-electron chi connectivity index (χ3n) is 7.45. The van der Waals surface area contributed by atoms with Crippen LogP contribution in [0, 0.1) is 11.8 Å². The third kappa shape index (κ3) is 10.0. The van der Waals surface area contributed by atoms with E-state index in [4.69, 9.17) is 0 Å². The van der Waals surface area contributed by atoms with Gasteiger partial charge >= 0.3 is 11.9 Å². The Morgan fingerprint density at radius 1 is 0.739 bits per heavy atom. The quantitative estimate of drug-likeness (QED) is 0.186. The van der Waals surface area contributed by atoms with Gasteiger partial charge < -0.3 is 41.8 Å². The Bertz CT molecular complexity index is 1470. The van der Waals surface area contributed by atoms with Gasteiger partial charge in [0.25, 0.3) is 0 Å². The maximum absolute atomic E-state index is 13.7. The molecule has 5 atom stereocenters. The number of amides is 5. The molecule has 2 heterocycles. The van der Waals surface area contributed by atoms with Crippen molar-refractivity contribution in [2.75, 3.05) is 0 Å². The van der Waals surface area contributed by atoms with Gasteiger partial charge in [-0.1, -0.05) is 45.9 Å². The van der Waals surface area contributed by atoms with Gasteiger partial charge in [-0.15, -0.1) is 0 Å². The van der Waals surface area contributed by atoms with E-state index >= 15 is 0 Å². The molecule has 3 rings (SSSR count). The maximum atomic E-state index is 13.7. The fourth-order valence-corrected chi connectivity index (χ4v) is 5.25. The molecule has 0 aliphatic carbocycles. The summed E-state index contributed by atoms with van der Waals surface area (Å²) in [7, 11) is 0. The average Bonchev–Trinajstić information content (AvgIpc) is 3.36. The van der Waals surface area contributed by atoms with Crippen LogP contribution in [0.25, 0.3) is 10.9 Å². The zero-order valence-electron chi connectivity index (χ0n) is 26.2. The number of aromatic amines is 1. The largest absolute Gasteiger partial charge is 0.481 e. The van der Waals surface area contributed by atoms with Crippen molar-refractivity contribution in [2.45, 2.75) is 90.0 Å². The van der Waals surface area contributed by atoms with Crippen LogP contribution in [-0.4, -0.2) is 86.9 Å². The molecule has 46 heavy (non-hydrogen) atoms. The number of hydrogen-bond donors (Lipinski definition) is 8. The van der Waals surface area contributed by atoms with Crippen molar-refractivity contribution < 1.29 is 43.8 Å². The van der Waals surface area contributed by atoms with Crippen LogP contribution in [-0.2, 0) is 40.0 Å². The number of carboxylic acid groups (broad SMARTS) is 2. The molecule has 1 aliphatic rings. The molecular weight excluding hydrogens is 600 g/mol. The highest BCUT2D eigenvalue weighted by Gasteiger charge is 2.35. The van der Waals surface area contributed by atoms with Gasteiger partial charge in [0.05, 0.1) is 12.8 Å². The van der Waals surface area contributed by atoms with Crippen LogP contribution in [0.4, 0.5) is 0 Å². The van der Waals surface area contributed by atoms with E-state index in [1.165, 1.54) is 0 Å². The number of carbonyl (C=O) groups excluding carboxylic acids is 5. The monoisotopic (exact) mass is 642 g/mol. The van der Waals surface area contributed by atoms with Crippen molar-refractivity contribution in [1.29, 1.82) is 0 Å². The van der Waals surface area contributed by atoms with E-state index in [9.17, 15) is 43.8 Å². The summed E-state index contributed by atoms with van der Waals surface area (Å²) < 4.78 is 0. The molecule has 1 saturated heterocycles. The second-order valence-corrected chi connectivity index (χ2v) is 12.3. The van der Waals surface area contributed by atoms with Gasteiger partial charge in [0.1, 0.15) is 30.2 Å². The molecule has 1 aromatic carbocycles. The Morgan fingerprint density at radius 2 is 1.26 bits per heavy atom. The van der Waals surface area contributed by atoms with Gasteiger partial charge in [-0.25, -0.2) is 4.79 Å². The summed E-state index contributed by atoms with van der Waals surface area (Å²) in [4.78, 5) is 93.7. The smallest absolute Gasteiger partial charge is 0.326 e. The minimum absolute atomic E-state index is 0.0743. The van der Waals surface area contributed by atoms with E-state index in [-0.39, 0.29) is 31.1 Å². The molecule has 5 unspecified atom stereocenters. The van der Waals surface area contributed by atoms with E-state index in [2.05, 4.69) is 31.6 Å². The number of H-pyrrole nitrogens is 1. The van der Waals surface area contributed by atoms with Gasteiger partial charge in [0.15, 0.2) is 0 Å². The molecule has 1 aliphatic heterocycles. The first-order valence-corrected chi connectivity index (χ1v) is 15.1. The van der Waals surface area contributed by atoms with Gasteiger partial charge in [-0.2, -0.15) is 0 Å². The third-order valence-corrected chi connectivity index (χ3v) is 7.45. The van der Waals surface area contributed by atoms with Crippen molar-refractivity contribution in [1.82, 2.24) is 31.6 Å². The van der Waals surface area contributed by atoms with Crippen molar-refractivity contribution >= 4 is 52.4 Å². The molecule has 5 amide bonds. The molecule has 15 heteroatoms. The van der Waals surface area contributed by atoms with Gasteiger partial charge in [0.2, 0.25) is 29.5 Å². The van der Waals surface area contributed by atoms with Crippen LogP contribution in [0.1, 0.15) is 58.9 Å². The number of carbonyl (C=O) groups is 7.